The summed E-state index contributed by atoms with van der Waals surface area (Å²) in [6.45, 7) is 0.428. The van der Waals surface area contributed by atoms with Gasteiger partial charge in [-0.2, -0.15) is 5.10 Å². The normalized spacial score (nSPS) is 13.2. The number of nitrogens with zero attached hydrogens (tertiary/aromatic N) is 3. The van der Waals surface area contributed by atoms with E-state index in [2.05, 4.69) is 15.4 Å². The van der Waals surface area contributed by atoms with Crippen LogP contribution in [0.1, 0.15) is 23.3 Å². The highest BCUT2D eigenvalue weighted by Crippen LogP contribution is 2.18. The number of hydrogen-bond donors (Lipinski definition) is 2. The molecule has 0 saturated carbocycles. The quantitative estimate of drug-likeness (QED) is 0.726. The van der Waals surface area contributed by atoms with Crippen molar-refractivity contribution >= 4 is 5.91 Å². The van der Waals surface area contributed by atoms with Crippen molar-refractivity contribution in [3.05, 3.63) is 84.4 Å². The van der Waals surface area contributed by atoms with Crippen LogP contribution in [0.5, 0.6) is 0 Å². The minimum atomic E-state index is -1.21. The predicted molar refractivity (Wildman–Crippen MR) is 88.7 cm³/mol. The van der Waals surface area contributed by atoms with Crippen LogP contribution in [-0.4, -0.2) is 25.8 Å². The van der Waals surface area contributed by atoms with Gasteiger partial charge in [0.15, 0.2) is 6.10 Å². The van der Waals surface area contributed by atoms with Crippen molar-refractivity contribution in [2.75, 3.05) is 0 Å². The van der Waals surface area contributed by atoms with Crippen molar-refractivity contribution in [1.29, 1.82) is 0 Å². The Bertz CT molecular complexity index is 760. The zero-order valence-corrected chi connectivity index (χ0v) is 13.0. The molecule has 0 saturated heterocycles. The molecular formula is C18H18N4O2. The van der Waals surface area contributed by atoms with Gasteiger partial charge in [-0.15, -0.1) is 0 Å². The molecule has 1 amide bonds. The lowest BCUT2D eigenvalue weighted by Crippen LogP contribution is -2.35. The molecule has 1 aromatic heterocycles. The average molecular weight is 322 g/mol. The smallest absolute Gasteiger partial charge is 0.254 e. The Morgan fingerprint density at radius 3 is 2.25 bits per heavy atom. The number of aliphatic hydroxyl groups is 1. The van der Waals surface area contributed by atoms with E-state index < -0.39 is 12.0 Å². The second kappa shape index (κ2) is 7.52. The number of carbonyl (C=O) groups is 1. The second-order valence-corrected chi connectivity index (χ2v) is 5.40. The largest absolute Gasteiger partial charge is 0.378 e. The Morgan fingerprint density at radius 1 is 1.04 bits per heavy atom. The molecule has 0 bridgehead atoms. The Hall–Kier alpha value is -2.99. The van der Waals surface area contributed by atoms with Crippen LogP contribution in [0.2, 0.25) is 0 Å². The van der Waals surface area contributed by atoms with Crippen molar-refractivity contribution in [1.82, 2.24) is 20.1 Å². The summed E-state index contributed by atoms with van der Waals surface area (Å²) in [5.74, 6) is -0.449. The molecule has 0 aliphatic rings. The first-order valence-corrected chi connectivity index (χ1v) is 7.65. The van der Waals surface area contributed by atoms with E-state index >= 15 is 0 Å². The van der Waals surface area contributed by atoms with Gasteiger partial charge >= 0.3 is 0 Å². The summed E-state index contributed by atoms with van der Waals surface area (Å²) >= 11 is 0. The highest BCUT2D eigenvalue weighted by Gasteiger charge is 2.22. The maximum atomic E-state index is 12.4. The maximum absolute atomic E-state index is 12.4. The Labute approximate surface area is 139 Å². The average Bonchev–Trinajstić information content (AvgIpc) is 3.15. The number of aromatic nitrogens is 3. The summed E-state index contributed by atoms with van der Waals surface area (Å²) in [4.78, 5) is 16.4. The molecule has 2 unspecified atom stereocenters. The minimum absolute atomic E-state index is 0.321. The van der Waals surface area contributed by atoms with Crippen LogP contribution < -0.4 is 5.32 Å². The van der Waals surface area contributed by atoms with Gasteiger partial charge in [-0.1, -0.05) is 60.7 Å². The van der Waals surface area contributed by atoms with Gasteiger partial charge in [0.2, 0.25) is 0 Å². The topological polar surface area (TPSA) is 80.0 Å². The van der Waals surface area contributed by atoms with Gasteiger partial charge in [0.25, 0.3) is 5.91 Å². The molecule has 2 aromatic carbocycles. The Balaban J connectivity index is 1.77. The molecule has 0 aliphatic carbocycles. The molecule has 2 atom stereocenters. The van der Waals surface area contributed by atoms with E-state index in [1.165, 1.54) is 6.33 Å². The highest BCUT2D eigenvalue weighted by molar-refractivity contribution is 5.82. The number of rotatable bonds is 6. The van der Waals surface area contributed by atoms with Crippen LogP contribution in [0.15, 0.2) is 73.3 Å². The monoisotopic (exact) mass is 322 g/mol. The predicted octanol–water partition coefficient (Wildman–Crippen LogP) is 1.87. The first-order chi connectivity index (χ1) is 11.7. The van der Waals surface area contributed by atoms with Gasteiger partial charge in [0, 0.05) is 0 Å². The zero-order chi connectivity index (χ0) is 16.8. The van der Waals surface area contributed by atoms with E-state index in [0.717, 1.165) is 5.56 Å². The lowest BCUT2D eigenvalue weighted by atomic mass is 10.0. The van der Waals surface area contributed by atoms with Crippen LogP contribution in [0.4, 0.5) is 0 Å². The summed E-state index contributed by atoms with van der Waals surface area (Å²) in [6.07, 6.45) is 1.83. The molecular weight excluding hydrogens is 304 g/mol. The fraction of sp³-hybridized carbons (Fsp3) is 0.167. The molecule has 122 valence electrons. The summed E-state index contributed by atoms with van der Waals surface area (Å²) in [7, 11) is 0. The number of amides is 1. The van der Waals surface area contributed by atoms with Crippen molar-refractivity contribution in [3.8, 4) is 0 Å². The molecule has 0 radical (unpaired) electrons. The molecule has 6 heteroatoms. The summed E-state index contributed by atoms with van der Waals surface area (Å²) < 4.78 is 1.65. The minimum Gasteiger partial charge on any atom is -0.378 e. The lowest BCUT2D eigenvalue weighted by Gasteiger charge is -2.21. The SMILES string of the molecule is O=C(NC(Cn1cncn1)c1ccccc1)C(O)c1ccccc1. The fourth-order valence-electron chi connectivity index (χ4n) is 2.47. The van der Waals surface area contributed by atoms with E-state index in [0.29, 0.717) is 12.1 Å². The molecule has 3 rings (SSSR count). The van der Waals surface area contributed by atoms with E-state index in [4.69, 9.17) is 0 Å². The lowest BCUT2D eigenvalue weighted by molar-refractivity contribution is -0.130. The molecule has 0 spiro atoms. The molecule has 2 N–H and O–H groups in total. The fourth-order valence-corrected chi connectivity index (χ4v) is 2.47. The molecule has 0 fully saturated rings. The number of hydrogen-bond acceptors (Lipinski definition) is 4. The second-order valence-electron chi connectivity index (χ2n) is 5.40. The zero-order valence-electron chi connectivity index (χ0n) is 13.0. The Kier molecular flexibility index (Phi) is 4.98. The summed E-state index contributed by atoms with van der Waals surface area (Å²) in [5.41, 5.74) is 1.49. The van der Waals surface area contributed by atoms with Crippen molar-refractivity contribution < 1.29 is 9.90 Å². The van der Waals surface area contributed by atoms with E-state index in [1.807, 2.05) is 36.4 Å². The van der Waals surface area contributed by atoms with Crippen LogP contribution in [0, 0.1) is 0 Å². The van der Waals surface area contributed by atoms with E-state index in [9.17, 15) is 9.90 Å². The van der Waals surface area contributed by atoms with Crippen molar-refractivity contribution in [3.63, 3.8) is 0 Å². The molecule has 0 aliphatic heterocycles. The first-order valence-electron chi connectivity index (χ1n) is 7.65. The van der Waals surface area contributed by atoms with Gasteiger partial charge in [0.05, 0.1) is 12.6 Å². The standard InChI is InChI=1S/C18H18N4O2/c23-17(15-9-5-2-6-10-15)18(24)21-16(11-22-13-19-12-20-22)14-7-3-1-4-8-14/h1-10,12-13,16-17,23H,11H2,(H,21,24). The maximum Gasteiger partial charge on any atom is 0.254 e. The Morgan fingerprint density at radius 2 is 1.67 bits per heavy atom. The van der Waals surface area contributed by atoms with Crippen LogP contribution in [0.3, 0.4) is 0 Å². The third kappa shape index (κ3) is 3.85. The first kappa shape index (κ1) is 15.9. The van der Waals surface area contributed by atoms with Gasteiger partial charge < -0.3 is 10.4 Å². The molecule has 24 heavy (non-hydrogen) atoms. The number of aliphatic hydroxyl groups excluding tert-OH is 1. The van der Waals surface area contributed by atoms with Gasteiger partial charge in [0.1, 0.15) is 12.7 Å². The number of carbonyl (C=O) groups excluding carboxylic acids is 1. The van der Waals surface area contributed by atoms with Crippen LogP contribution in [0.25, 0.3) is 0 Å². The third-order valence-electron chi connectivity index (χ3n) is 3.72. The van der Waals surface area contributed by atoms with Crippen molar-refractivity contribution in [2.24, 2.45) is 0 Å². The van der Waals surface area contributed by atoms with E-state index in [1.54, 1.807) is 35.3 Å². The van der Waals surface area contributed by atoms with Gasteiger partial charge in [-0.3, -0.25) is 9.48 Å². The third-order valence-corrected chi connectivity index (χ3v) is 3.72. The summed E-state index contributed by atoms with van der Waals surface area (Å²) in [5, 5.41) is 17.2. The highest BCUT2D eigenvalue weighted by atomic mass is 16.3. The number of benzene rings is 2. The summed E-state index contributed by atoms with van der Waals surface area (Å²) in [6, 6.07) is 18.1. The van der Waals surface area contributed by atoms with Crippen LogP contribution in [-0.2, 0) is 11.3 Å². The van der Waals surface area contributed by atoms with Crippen molar-refractivity contribution in [2.45, 2.75) is 18.7 Å². The van der Waals surface area contributed by atoms with Gasteiger partial charge in [-0.25, -0.2) is 4.98 Å². The molecule has 6 nitrogen and oxygen atoms in total. The molecule has 1 heterocycles. The molecule has 3 aromatic rings. The van der Waals surface area contributed by atoms with Gasteiger partial charge in [-0.05, 0) is 11.1 Å². The van der Waals surface area contributed by atoms with E-state index in [-0.39, 0.29) is 6.04 Å². The number of nitrogens with one attached hydrogen (secondary N) is 1. The van der Waals surface area contributed by atoms with Crippen LogP contribution >= 0.6 is 0 Å².